The van der Waals surface area contributed by atoms with Crippen molar-refractivity contribution in [1.82, 2.24) is 15.0 Å². The molecule has 0 saturated heterocycles. The molecule has 0 bridgehead atoms. The van der Waals surface area contributed by atoms with E-state index in [1.54, 1.807) is 0 Å². The van der Waals surface area contributed by atoms with Gasteiger partial charge in [-0.3, -0.25) is 0 Å². The van der Waals surface area contributed by atoms with Crippen molar-refractivity contribution in [3.8, 4) is 0 Å². The van der Waals surface area contributed by atoms with Crippen LogP contribution in [0.4, 0.5) is 11.9 Å². The van der Waals surface area contributed by atoms with E-state index in [1.807, 2.05) is 13.8 Å². The molecule has 8 nitrogen and oxygen atoms in total. The number of hydrogen-bond donors (Lipinski definition) is 3. The summed E-state index contributed by atoms with van der Waals surface area (Å²) < 4.78 is 10.7. The van der Waals surface area contributed by atoms with Gasteiger partial charge in [-0.05, 0) is 13.8 Å². The van der Waals surface area contributed by atoms with Crippen LogP contribution in [0.5, 0.6) is 0 Å². The highest BCUT2D eigenvalue weighted by Gasteiger charge is 2.10. The monoisotopic (exact) mass is 326 g/mol. The molecule has 1 rings (SSSR count). The molecule has 0 aliphatic rings. The molecule has 1 heterocycles. The van der Waals surface area contributed by atoms with Gasteiger partial charge in [-0.2, -0.15) is 15.0 Å². The maximum atomic E-state index is 5.46. The molecule has 4 N–H and O–H groups in total. The van der Waals surface area contributed by atoms with E-state index in [-0.39, 0.29) is 12.0 Å². The summed E-state index contributed by atoms with van der Waals surface area (Å²) >= 11 is 0. The first-order valence-electron chi connectivity index (χ1n) is 8.14. The van der Waals surface area contributed by atoms with Crippen LogP contribution in [0.2, 0.25) is 0 Å². The van der Waals surface area contributed by atoms with Crippen LogP contribution in [0, 0.1) is 0 Å². The molecule has 0 aliphatic carbocycles. The Morgan fingerprint density at radius 3 is 2.17 bits per heavy atom. The number of aromatic nitrogens is 3. The van der Waals surface area contributed by atoms with Crippen molar-refractivity contribution in [3.63, 3.8) is 0 Å². The fourth-order valence-electron chi connectivity index (χ4n) is 1.69. The molecule has 1 aromatic heterocycles. The molecule has 1 aromatic rings. The smallest absolute Gasteiger partial charge is 0.227 e. The molecule has 0 unspecified atom stereocenters. The number of anilines is 2. The average Bonchev–Trinajstić information content (AvgIpc) is 2.49. The van der Waals surface area contributed by atoms with Crippen molar-refractivity contribution in [3.05, 3.63) is 5.82 Å². The Bertz CT molecular complexity index is 442. The van der Waals surface area contributed by atoms with Gasteiger partial charge in [0.15, 0.2) is 0 Å². The molecule has 0 saturated carbocycles. The Balaban J connectivity index is 2.41. The van der Waals surface area contributed by atoms with Crippen LogP contribution in [0.25, 0.3) is 0 Å². The van der Waals surface area contributed by atoms with Gasteiger partial charge in [0.2, 0.25) is 11.9 Å². The summed E-state index contributed by atoms with van der Waals surface area (Å²) in [6.45, 7) is 11.6. The predicted molar refractivity (Wildman–Crippen MR) is 91.9 cm³/mol. The second-order valence-corrected chi connectivity index (χ2v) is 5.73. The highest BCUT2D eigenvalue weighted by Crippen LogP contribution is 2.13. The minimum atomic E-state index is 0.238. The molecule has 0 amide bonds. The Labute approximate surface area is 138 Å². The number of nitrogens with one attached hydrogen (secondary N) is 2. The standard InChI is InChI=1S/C15H30N6O2/c1-11(2)13-19-14(21-15(20-13)18-12(3)4)17-6-8-23-10-9-22-7-5-16/h11-12H,5-10,16H2,1-4H3,(H2,17,18,19,20,21). The highest BCUT2D eigenvalue weighted by molar-refractivity contribution is 5.35. The van der Waals surface area contributed by atoms with Gasteiger partial charge in [0.05, 0.1) is 26.4 Å². The maximum absolute atomic E-state index is 5.46. The second-order valence-electron chi connectivity index (χ2n) is 5.73. The molecule has 23 heavy (non-hydrogen) atoms. The van der Waals surface area contributed by atoms with Crippen molar-refractivity contribution >= 4 is 11.9 Å². The van der Waals surface area contributed by atoms with Crippen LogP contribution in [-0.4, -0.2) is 60.5 Å². The van der Waals surface area contributed by atoms with Crippen molar-refractivity contribution < 1.29 is 9.47 Å². The molecule has 0 spiro atoms. The highest BCUT2D eigenvalue weighted by atomic mass is 16.5. The lowest BCUT2D eigenvalue weighted by Gasteiger charge is -2.13. The van der Waals surface area contributed by atoms with E-state index in [0.717, 1.165) is 5.82 Å². The minimum absolute atomic E-state index is 0.238. The number of ether oxygens (including phenoxy) is 2. The second kappa shape index (κ2) is 11.1. The predicted octanol–water partition coefficient (Wildman–Crippen LogP) is 1.22. The largest absolute Gasteiger partial charge is 0.378 e. The topological polar surface area (TPSA) is 107 Å². The normalized spacial score (nSPS) is 11.3. The van der Waals surface area contributed by atoms with E-state index in [1.165, 1.54) is 0 Å². The molecule has 0 fully saturated rings. The third kappa shape index (κ3) is 8.63. The van der Waals surface area contributed by atoms with Crippen molar-refractivity contribution in [2.24, 2.45) is 5.73 Å². The van der Waals surface area contributed by atoms with E-state index in [0.29, 0.717) is 51.4 Å². The van der Waals surface area contributed by atoms with Gasteiger partial charge in [0.1, 0.15) is 5.82 Å². The summed E-state index contributed by atoms with van der Waals surface area (Å²) in [6.07, 6.45) is 0. The SMILES string of the molecule is CC(C)Nc1nc(NCCOCCOCCN)nc(C(C)C)n1. The molecule has 0 atom stereocenters. The zero-order chi connectivity index (χ0) is 17.1. The summed E-state index contributed by atoms with van der Waals surface area (Å²) in [5.41, 5.74) is 5.33. The molecule has 0 aliphatic heterocycles. The molecule has 0 radical (unpaired) electrons. The van der Waals surface area contributed by atoms with Gasteiger partial charge in [-0.25, -0.2) is 0 Å². The summed E-state index contributed by atoms with van der Waals surface area (Å²) in [4.78, 5) is 13.2. The first-order valence-corrected chi connectivity index (χ1v) is 8.14. The van der Waals surface area contributed by atoms with Crippen LogP contribution in [0.3, 0.4) is 0 Å². The number of rotatable bonds is 12. The van der Waals surface area contributed by atoms with Crippen LogP contribution in [0.15, 0.2) is 0 Å². The van der Waals surface area contributed by atoms with Crippen molar-refractivity contribution in [2.75, 3.05) is 50.2 Å². The van der Waals surface area contributed by atoms with Gasteiger partial charge in [0, 0.05) is 25.0 Å². The molecular formula is C15H30N6O2. The third-order valence-corrected chi connectivity index (χ3v) is 2.75. The van der Waals surface area contributed by atoms with E-state index >= 15 is 0 Å². The number of nitrogens with zero attached hydrogens (tertiary/aromatic N) is 3. The van der Waals surface area contributed by atoms with Gasteiger partial charge in [-0.15, -0.1) is 0 Å². The lowest BCUT2D eigenvalue weighted by Crippen LogP contribution is -2.18. The van der Waals surface area contributed by atoms with Crippen LogP contribution in [-0.2, 0) is 9.47 Å². The van der Waals surface area contributed by atoms with Gasteiger partial charge in [0.25, 0.3) is 0 Å². The molecule has 0 aromatic carbocycles. The van der Waals surface area contributed by atoms with E-state index < -0.39 is 0 Å². The summed E-state index contributed by atoms with van der Waals surface area (Å²) in [5, 5.41) is 6.38. The zero-order valence-corrected chi connectivity index (χ0v) is 14.6. The number of nitrogens with two attached hydrogens (primary N) is 1. The molecular weight excluding hydrogens is 296 g/mol. The van der Waals surface area contributed by atoms with E-state index in [2.05, 4.69) is 39.4 Å². The van der Waals surface area contributed by atoms with Gasteiger partial charge in [-0.1, -0.05) is 13.8 Å². The fraction of sp³-hybridized carbons (Fsp3) is 0.800. The lowest BCUT2D eigenvalue weighted by atomic mass is 10.2. The molecule has 8 heteroatoms. The minimum Gasteiger partial charge on any atom is -0.378 e. The Morgan fingerprint density at radius 1 is 0.913 bits per heavy atom. The molecule has 132 valence electrons. The fourth-order valence-corrected chi connectivity index (χ4v) is 1.69. The Morgan fingerprint density at radius 2 is 1.57 bits per heavy atom. The quantitative estimate of drug-likeness (QED) is 0.492. The Kier molecular flexibility index (Phi) is 9.42. The van der Waals surface area contributed by atoms with Crippen LogP contribution >= 0.6 is 0 Å². The third-order valence-electron chi connectivity index (χ3n) is 2.75. The summed E-state index contributed by atoms with van der Waals surface area (Å²) in [7, 11) is 0. The van der Waals surface area contributed by atoms with Crippen molar-refractivity contribution in [2.45, 2.75) is 39.7 Å². The van der Waals surface area contributed by atoms with Crippen LogP contribution < -0.4 is 16.4 Å². The lowest BCUT2D eigenvalue weighted by molar-refractivity contribution is 0.0547. The Hall–Kier alpha value is -1.51. The average molecular weight is 326 g/mol. The summed E-state index contributed by atoms with van der Waals surface area (Å²) in [6, 6.07) is 0.266. The summed E-state index contributed by atoms with van der Waals surface area (Å²) in [5.74, 6) is 2.16. The first kappa shape index (κ1) is 19.5. The van der Waals surface area contributed by atoms with Crippen molar-refractivity contribution in [1.29, 1.82) is 0 Å². The van der Waals surface area contributed by atoms with Gasteiger partial charge >= 0.3 is 0 Å². The first-order chi connectivity index (χ1) is 11.0. The maximum Gasteiger partial charge on any atom is 0.227 e. The van der Waals surface area contributed by atoms with Crippen LogP contribution in [0.1, 0.15) is 39.4 Å². The van der Waals surface area contributed by atoms with Gasteiger partial charge < -0.3 is 25.8 Å². The number of hydrogen-bond acceptors (Lipinski definition) is 8. The zero-order valence-electron chi connectivity index (χ0n) is 14.6. The van der Waals surface area contributed by atoms with E-state index in [4.69, 9.17) is 15.2 Å². The van der Waals surface area contributed by atoms with E-state index in [9.17, 15) is 0 Å².